The number of piperazine rings is 1. The van der Waals surface area contributed by atoms with Crippen LogP contribution in [0.15, 0.2) is 41.0 Å². The summed E-state index contributed by atoms with van der Waals surface area (Å²) in [6.07, 6.45) is 1.74. The maximum Gasteiger partial charge on any atom is 0.161 e. The van der Waals surface area contributed by atoms with E-state index in [9.17, 15) is 0 Å². The van der Waals surface area contributed by atoms with E-state index < -0.39 is 0 Å². The highest BCUT2D eigenvalue weighted by atomic mass is 16.5. The maximum atomic E-state index is 5.43. The predicted molar refractivity (Wildman–Crippen MR) is 88.8 cm³/mol. The molecule has 0 aliphatic carbocycles. The second-order valence-electron chi connectivity index (χ2n) is 5.82. The Kier molecular flexibility index (Phi) is 5.20. The van der Waals surface area contributed by atoms with E-state index in [4.69, 9.17) is 13.9 Å². The molecule has 1 aliphatic rings. The van der Waals surface area contributed by atoms with Crippen molar-refractivity contribution in [3.8, 4) is 11.5 Å². The Morgan fingerprint density at radius 1 is 0.913 bits per heavy atom. The summed E-state index contributed by atoms with van der Waals surface area (Å²) in [4.78, 5) is 4.91. The molecule has 1 aromatic carbocycles. The summed E-state index contributed by atoms with van der Waals surface area (Å²) in [5, 5.41) is 0. The Morgan fingerprint density at radius 2 is 1.61 bits per heavy atom. The van der Waals surface area contributed by atoms with Gasteiger partial charge >= 0.3 is 0 Å². The Bertz CT molecular complexity index is 605. The Hall–Kier alpha value is -1.98. The lowest BCUT2D eigenvalue weighted by atomic mass is 10.1. The maximum absolute atomic E-state index is 5.43. The summed E-state index contributed by atoms with van der Waals surface area (Å²) in [5.74, 6) is 2.61. The largest absolute Gasteiger partial charge is 0.493 e. The van der Waals surface area contributed by atoms with Crippen LogP contribution in [-0.2, 0) is 13.1 Å². The first-order valence-electron chi connectivity index (χ1n) is 7.96. The van der Waals surface area contributed by atoms with Gasteiger partial charge in [0.2, 0.25) is 0 Å². The van der Waals surface area contributed by atoms with Crippen LogP contribution < -0.4 is 9.47 Å². The fraction of sp³-hybridized carbons (Fsp3) is 0.444. The van der Waals surface area contributed by atoms with Crippen molar-refractivity contribution in [3.05, 3.63) is 47.9 Å². The highest BCUT2D eigenvalue weighted by Gasteiger charge is 2.18. The Labute approximate surface area is 137 Å². The van der Waals surface area contributed by atoms with E-state index in [2.05, 4.69) is 21.9 Å². The number of furan rings is 1. The van der Waals surface area contributed by atoms with Crippen LogP contribution in [0, 0.1) is 0 Å². The van der Waals surface area contributed by atoms with Gasteiger partial charge in [-0.05, 0) is 29.8 Å². The molecule has 1 aliphatic heterocycles. The number of rotatable bonds is 6. The van der Waals surface area contributed by atoms with Crippen molar-refractivity contribution in [1.82, 2.24) is 9.80 Å². The molecule has 2 heterocycles. The van der Waals surface area contributed by atoms with E-state index in [1.54, 1.807) is 20.5 Å². The van der Waals surface area contributed by atoms with E-state index >= 15 is 0 Å². The number of hydrogen-bond donors (Lipinski definition) is 0. The first-order valence-corrected chi connectivity index (χ1v) is 7.96. The molecular formula is C18H24N2O3. The summed E-state index contributed by atoms with van der Waals surface area (Å²) in [7, 11) is 3.34. The minimum atomic E-state index is 0.777. The molecule has 5 nitrogen and oxygen atoms in total. The van der Waals surface area contributed by atoms with Gasteiger partial charge in [0.25, 0.3) is 0 Å². The first kappa shape index (κ1) is 15.9. The average Bonchev–Trinajstić information content (AvgIpc) is 3.09. The molecule has 3 rings (SSSR count). The van der Waals surface area contributed by atoms with Crippen molar-refractivity contribution >= 4 is 0 Å². The number of nitrogens with zero attached hydrogens (tertiary/aromatic N) is 2. The van der Waals surface area contributed by atoms with Gasteiger partial charge in [-0.25, -0.2) is 0 Å². The van der Waals surface area contributed by atoms with Gasteiger partial charge in [-0.15, -0.1) is 0 Å². The number of ether oxygens (including phenoxy) is 2. The van der Waals surface area contributed by atoms with Gasteiger partial charge < -0.3 is 13.9 Å². The zero-order valence-corrected chi connectivity index (χ0v) is 13.8. The lowest BCUT2D eigenvalue weighted by Crippen LogP contribution is -2.45. The molecule has 0 bridgehead atoms. The molecule has 124 valence electrons. The van der Waals surface area contributed by atoms with E-state index in [-0.39, 0.29) is 0 Å². The molecule has 0 unspecified atom stereocenters. The molecule has 1 aromatic heterocycles. The molecular weight excluding hydrogens is 292 g/mol. The monoisotopic (exact) mass is 316 g/mol. The average molecular weight is 316 g/mol. The number of methoxy groups -OCH3 is 2. The summed E-state index contributed by atoms with van der Waals surface area (Å²) in [6, 6.07) is 10.1. The number of hydrogen-bond acceptors (Lipinski definition) is 5. The van der Waals surface area contributed by atoms with Gasteiger partial charge in [-0.3, -0.25) is 9.80 Å². The molecule has 5 heteroatoms. The van der Waals surface area contributed by atoms with E-state index in [0.29, 0.717) is 0 Å². The van der Waals surface area contributed by atoms with Crippen LogP contribution in [0.2, 0.25) is 0 Å². The second-order valence-corrected chi connectivity index (χ2v) is 5.82. The van der Waals surface area contributed by atoms with Crippen molar-refractivity contribution in [2.75, 3.05) is 40.4 Å². The molecule has 0 N–H and O–H groups in total. The number of benzene rings is 1. The minimum Gasteiger partial charge on any atom is -0.493 e. The third-order valence-corrected chi connectivity index (χ3v) is 4.28. The van der Waals surface area contributed by atoms with Crippen molar-refractivity contribution < 1.29 is 13.9 Å². The normalized spacial score (nSPS) is 16.4. The van der Waals surface area contributed by atoms with Crippen LogP contribution in [0.3, 0.4) is 0 Å². The van der Waals surface area contributed by atoms with Crippen LogP contribution in [-0.4, -0.2) is 50.2 Å². The summed E-state index contributed by atoms with van der Waals surface area (Å²) in [6.45, 7) is 6.10. The van der Waals surface area contributed by atoms with Crippen LogP contribution in [0.25, 0.3) is 0 Å². The van der Waals surface area contributed by atoms with E-state index in [0.717, 1.165) is 56.5 Å². The van der Waals surface area contributed by atoms with Crippen LogP contribution in [0.4, 0.5) is 0 Å². The SMILES string of the molecule is COc1ccc(CN2CCN(Cc3ccco3)CC2)cc1OC. The van der Waals surface area contributed by atoms with Crippen molar-refractivity contribution in [3.63, 3.8) is 0 Å². The molecule has 0 spiro atoms. The van der Waals surface area contributed by atoms with Gasteiger partial charge in [-0.1, -0.05) is 6.07 Å². The van der Waals surface area contributed by atoms with Gasteiger partial charge in [0, 0.05) is 32.7 Å². The van der Waals surface area contributed by atoms with E-state index in [1.165, 1.54) is 5.56 Å². The highest BCUT2D eigenvalue weighted by Crippen LogP contribution is 2.28. The van der Waals surface area contributed by atoms with Crippen LogP contribution in [0.5, 0.6) is 11.5 Å². The van der Waals surface area contributed by atoms with Gasteiger partial charge in [0.15, 0.2) is 11.5 Å². The lowest BCUT2D eigenvalue weighted by Gasteiger charge is -2.34. The van der Waals surface area contributed by atoms with Crippen molar-refractivity contribution in [1.29, 1.82) is 0 Å². The standard InChI is InChI=1S/C18H24N2O3/c1-21-17-6-5-15(12-18(17)22-2)13-19-7-9-20(10-8-19)14-16-4-3-11-23-16/h3-6,11-12H,7-10,13-14H2,1-2H3. The van der Waals surface area contributed by atoms with Gasteiger partial charge in [-0.2, -0.15) is 0 Å². The minimum absolute atomic E-state index is 0.777. The van der Waals surface area contributed by atoms with E-state index in [1.807, 2.05) is 18.2 Å². The Balaban J connectivity index is 1.52. The van der Waals surface area contributed by atoms with Gasteiger partial charge in [0.05, 0.1) is 27.0 Å². The predicted octanol–water partition coefficient (Wildman–Crippen LogP) is 2.61. The van der Waals surface area contributed by atoms with Crippen LogP contribution >= 0.6 is 0 Å². The van der Waals surface area contributed by atoms with Crippen LogP contribution in [0.1, 0.15) is 11.3 Å². The molecule has 2 aromatic rings. The molecule has 1 fully saturated rings. The third kappa shape index (κ3) is 4.06. The first-order chi connectivity index (χ1) is 11.3. The zero-order chi connectivity index (χ0) is 16.1. The fourth-order valence-electron chi connectivity index (χ4n) is 2.97. The lowest BCUT2D eigenvalue weighted by molar-refractivity contribution is 0.116. The van der Waals surface area contributed by atoms with Crippen molar-refractivity contribution in [2.45, 2.75) is 13.1 Å². The molecule has 0 atom stereocenters. The fourth-order valence-corrected chi connectivity index (χ4v) is 2.97. The quantitative estimate of drug-likeness (QED) is 0.819. The Morgan fingerprint density at radius 3 is 2.22 bits per heavy atom. The summed E-state index contributed by atoms with van der Waals surface area (Å²) >= 11 is 0. The molecule has 23 heavy (non-hydrogen) atoms. The smallest absolute Gasteiger partial charge is 0.161 e. The van der Waals surface area contributed by atoms with Crippen molar-refractivity contribution in [2.24, 2.45) is 0 Å². The second kappa shape index (κ2) is 7.53. The molecule has 0 amide bonds. The molecule has 0 saturated carbocycles. The molecule has 0 radical (unpaired) electrons. The zero-order valence-electron chi connectivity index (χ0n) is 13.8. The van der Waals surface area contributed by atoms with Gasteiger partial charge in [0.1, 0.15) is 5.76 Å². The topological polar surface area (TPSA) is 38.1 Å². The summed E-state index contributed by atoms with van der Waals surface area (Å²) < 4.78 is 16.1. The third-order valence-electron chi connectivity index (χ3n) is 4.28. The molecule has 1 saturated heterocycles. The summed E-state index contributed by atoms with van der Waals surface area (Å²) in [5.41, 5.74) is 1.25. The highest BCUT2D eigenvalue weighted by molar-refractivity contribution is 5.42.